The lowest BCUT2D eigenvalue weighted by Gasteiger charge is -2.23. The minimum Gasteiger partial charge on any atom is -0.352 e. The van der Waals surface area contributed by atoms with E-state index in [2.05, 4.69) is 10.6 Å². The first-order valence-electron chi connectivity index (χ1n) is 7.64. The van der Waals surface area contributed by atoms with Crippen molar-refractivity contribution in [2.24, 2.45) is 0 Å². The summed E-state index contributed by atoms with van der Waals surface area (Å²) < 4.78 is 38.0. The molecule has 1 aromatic rings. The Hall–Kier alpha value is -2.09. The van der Waals surface area contributed by atoms with Crippen molar-refractivity contribution < 1.29 is 22.8 Å². The molecule has 24 heavy (non-hydrogen) atoms. The van der Waals surface area contributed by atoms with Crippen LogP contribution >= 0.6 is 0 Å². The van der Waals surface area contributed by atoms with E-state index >= 15 is 0 Å². The van der Waals surface area contributed by atoms with Gasteiger partial charge >= 0.3 is 6.18 Å². The van der Waals surface area contributed by atoms with Gasteiger partial charge in [0.15, 0.2) is 0 Å². The van der Waals surface area contributed by atoms with Crippen LogP contribution in [0.4, 0.5) is 18.9 Å². The van der Waals surface area contributed by atoms with Gasteiger partial charge in [-0.25, -0.2) is 0 Å². The van der Waals surface area contributed by atoms with E-state index in [1.54, 1.807) is 18.9 Å². The summed E-state index contributed by atoms with van der Waals surface area (Å²) in [6.07, 6.45) is -2.52. The highest BCUT2D eigenvalue weighted by molar-refractivity contribution is 5.95. The van der Waals surface area contributed by atoms with E-state index in [1.165, 1.54) is 12.1 Å². The average Bonchev–Trinajstić information content (AvgIpc) is 3.29. The first kappa shape index (κ1) is 18.3. The molecule has 1 fully saturated rings. The van der Waals surface area contributed by atoms with Gasteiger partial charge in [0.05, 0.1) is 18.2 Å². The summed E-state index contributed by atoms with van der Waals surface area (Å²) >= 11 is 0. The maximum Gasteiger partial charge on any atom is 0.416 e. The molecule has 0 unspecified atom stereocenters. The molecule has 0 heterocycles. The number of hydrogen-bond acceptors (Lipinski definition) is 3. The molecule has 1 saturated carbocycles. The summed E-state index contributed by atoms with van der Waals surface area (Å²) in [4.78, 5) is 25.4. The summed E-state index contributed by atoms with van der Waals surface area (Å²) in [5, 5.41) is 5.26. The van der Waals surface area contributed by atoms with Gasteiger partial charge < -0.3 is 10.6 Å². The Morgan fingerprint density at radius 1 is 1.33 bits per heavy atom. The zero-order valence-corrected chi connectivity index (χ0v) is 13.5. The lowest BCUT2D eigenvalue weighted by atomic mass is 10.2. The Labute approximate surface area is 138 Å². The molecule has 0 bridgehead atoms. The molecule has 1 aliphatic rings. The molecule has 0 spiro atoms. The number of hydrogen-bond donors (Lipinski definition) is 2. The summed E-state index contributed by atoms with van der Waals surface area (Å²) in [6.45, 7) is 1.64. The van der Waals surface area contributed by atoms with Crippen LogP contribution in [0.2, 0.25) is 0 Å². The first-order valence-corrected chi connectivity index (χ1v) is 7.64. The fourth-order valence-electron chi connectivity index (χ4n) is 2.08. The number of likely N-dealkylation sites (N-methyl/N-ethyl adjacent to an activating group) is 1. The van der Waals surface area contributed by atoms with Gasteiger partial charge in [-0.05, 0) is 45.0 Å². The summed E-state index contributed by atoms with van der Waals surface area (Å²) in [5.74, 6) is -0.644. The van der Waals surface area contributed by atoms with Gasteiger partial charge in [0.25, 0.3) is 0 Å². The van der Waals surface area contributed by atoms with Crippen molar-refractivity contribution in [3.05, 3.63) is 29.8 Å². The largest absolute Gasteiger partial charge is 0.416 e. The van der Waals surface area contributed by atoms with E-state index in [1.807, 2.05) is 0 Å². The third kappa shape index (κ3) is 5.23. The quantitative estimate of drug-likeness (QED) is 0.833. The Morgan fingerprint density at radius 3 is 2.58 bits per heavy atom. The fraction of sp³-hybridized carbons (Fsp3) is 0.500. The van der Waals surface area contributed by atoms with Crippen LogP contribution in [-0.4, -0.2) is 42.4 Å². The lowest BCUT2D eigenvalue weighted by Crippen LogP contribution is -2.45. The Morgan fingerprint density at radius 2 is 2.00 bits per heavy atom. The Balaban J connectivity index is 1.91. The normalized spacial score (nSPS) is 15.9. The standard InChI is InChI=1S/C16H20F3N3O2/c1-10(22(2)9-14(23)20-12-6-7-12)15(24)21-13-5-3-4-11(8-13)16(17,18)19/h3-5,8,10,12H,6-7,9H2,1-2H3,(H,20,23)(H,21,24)/t10-/m0/s1. The first-order chi connectivity index (χ1) is 11.2. The molecule has 8 heteroatoms. The molecule has 0 radical (unpaired) electrons. The molecule has 1 aliphatic carbocycles. The number of alkyl halides is 3. The maximum absolute atomic E-state index is 12.7. The van der Waals surface area contributed by atoms with Crippen molar-refractivity contribution in [1.82, 2.24) is 10.2 Å². The number of amides is 2. The number of nitrogens with one attached hydrogen (secondary N) is 2. The summed E-state index contributed by atoms with van der Waals surface area (Å²) in [7, 11) is 1.61. The molecule has 0 aliphatic heterocycles. The van der Waals surface area contributed by atoms with E-state index in [4.69, 9.17) is 0 Å². The SMILES string of the molecule is C[C@@H](C(=O)Nc1cccc(C(F)(F)F)c1)N(C)CC(=O)NC1CC1. The number of anilines is 1. The second kappa shape index (κ2) is 7.21. The van der Waals surface area contributed by atoms with Crippen LogP contribution < -0.4 is 10.6 Å². The third-order valence-electron chi connectivity index (χ3n) is 3.83. The average molecular weight is 343 g/mol. The van der Waals surface area contributed by atoms with Crippen molar-refractivity contribution in [2.75, 3.05) is 18.9 Å². The van der Waals surface area contributed by atoms with Crippen molar-refractivity contribution in [3.63, 3.8) is 0 Å². The third-order valence-corrected chi connectivity index (χ3v) is 3.83. The van der Waals surface area contributed by atoms with Crippen LogP contribution in [0.3, 0.4) is 0 Å². The zero-order chi connectivity index (χ0) is 17.9. The molecule has 5 nitrogen and oxygen atoms in total. The predicted molar refractivity (Wildman–Crippen MR) is 83.3 cm³/mol. The number of carbonyl (C=O) groups excluding carboxylic acids is 2. The maximum atomic E-state index is 12.7. The highest BCUT2D eigenvalue weighted by Gasteiger charge is 2.31. The molecule has 1 atom stereocenters. The predicted octanol–water partition coefficient (Wildman–Crippen LogP) is 2.24. The van der Waals surface area contributed by atoms with Crippen LogP contribution in [0.1, 0.15) is 25.3 Å². The number of rotatable bonds is 6. The van der Waals surface area contributed by atoms with E-state index in [-0.39, 0.29) is 24.2 Å². The lowest BCUT2D eigenvalue weighted by molar-refractivity contribution is -0.137. The van der Waals surface area contributed by atoms with Crippen molar-refractivity contribution in [1.29, 1.82) is 0 Å². The summed E-state index contributed by atoms with van der Waals surface area (Å²) in [5.41, 5.74) is -0.761. The summed E-state index contributed by atoms with van der Waals surface area (Å²) in [6, 6.07) is 4.01. The number of benzene rings is 1. The van der Waals surface area contributed by atoms with Gasteiger partial charge in [-0.1, -0.05) is 6.07 Å². The topological polar surface area (TPSA) is 61.4 Å². The molecule has 1 aromatic carbocycles. The zero-order valence-electron chi connectivity index (χ0n) is 13.5. The monoisotopic (exact) mass is 343 g/mol. The number of carbonyl (C=O) groups is 2. The van der Waals surface area contributed by atoms with Gasteiger partial charge in [0, 0.05) is 11.7 Å². The molecular weight excluding hydrogens is 323 g/mol. The van der Waals surface area contributed by atoms with Crippen molar-refractivity contribution >= 4 is 17.5 Å². The van der Waals surface area contributed by atoms with Crippen LogP contribution in [0.25, 0.3) is 0 Å². The van der Waals surface area contributed by atoms with Gasteiger partial charge in [0.1, 0.15) is 0 Å². The van der Waals surface area contributed by atoms with Crippen molar-refractivity contribution in [3.8, 4) is 0 Å². The van der Waals surface area contributed by atoms with Crippen LogP contribution in [0.15, 0.2) is 24.3 Å². The van der Waals surface area contributed by atoms with Gasteiger partial charge in [-0.15, -0.1) is 0 Å². The molecule has 132 valence electrons. The molecule has 0 saturated heterocycles. The Bertz CT molecular complexity index is 615. The number of halogens is 3. The highest BCUT2D eigenvalue weighted by atomic mass is 19.4. The van der Waals surface area contributed by atoms with Gasteiger partial charge in [-0.3, -0.25) is 14.5 Å². The number of nitrogens with zero attached hydrogens (tertiary/aromatic N) is 1. The molecule has 2 N–H and O–H groups in total. The second-order valence-corrected chi connectivity index (χ2v) is 6.00. The van der Waals surface area contributed by atoms with Crippen LogP contribution in [-0.2, 0) is 15.8 Å². The highest BCUT2D eigenvalue weighted by Crippen LogP contribution is 2.30. The van der Waals surface area contributed by atoms with Crippen molar-refractivity contribution in [2.45, 2.75) is 38.0 Å². The second-order valence-electron chi connectivity index (χ2n) is 6.00. The van der Waals surface area contributed by atoms with Gasteiger partial charge in [0.2, 0.25) is 11.8 Å². The minimum absolute atomic E-state index is 0.0493. The van der Waals surface area contributed by atoms with Gasteiger partial charge in [-0.2, -0.15) is 13.2 Å². The fourth-order valence-corrected chi connectivity index (χ4v) is 2.08. The van der Waals surface area contributed by atoms with E-state index in [9.17, 15) is 22.8 Å². The molecule has 2 amide bonds. The van der Waals surface area contributed by atoms with Crippen LogP contribution in [0.5, 0.6) is 0 Å². The molecule has 0 aromatic heterocycles. The van der Waals surface area contributed by atoms with E-state index < -0.39 is 23.7 Å². The Kier molecular flexibility index (Phi) is 5.48. The molecule has 2 rings (SSSR count). The van der Waals surface area contributed by atoms with E-state index in [0.29, 0.717) is 0 Å². The molecular formula is C16H20F3N3O2. The minimum atomic E-state index is -4.47. The van der Waals surface area contributed by atoms with Crippen LogP contribution in [0, 0.1) is 0 Å². The smallest absolute Gasteiger partial charge is 0.352 e. The van der Waals surface area contributed by atoms with E-state index in [0.717, 1.165) is 25.0 Å².